The molecule has 0 unspecified atom stereocenters. The van der Waals surface area contributed by atoms with Crippen molar-refractivity contribution in [2.45, 2.75) is 19.3 Å². The van der Waals surface area contributed by atoms with Crippen molar-refractivity contribution >= 4 is 23.9 Å². The van der Waals surface area contributed by atoms with E-state index in [1.165, 1.54) is 32.4 Å². The smallest absolute Gasteiger partial charge is 0.407 e. The monoisotopic (exact) mass is 418 g/mol. The van der Waals surface area contributed by atoms with E-state index in [-0.39, 0.29) is 44.5 Å². The lowest BCUT2D eigenvalue weighted by molar-refractivity contribution is -0.143. The van der Waals surface area contributed by atoms with Crippen LogP contribution in [0.1, 0.15) is 29.6 Å². The largest absolute Gasteiger partial charge is 0.497 e. The summed E-state index contributed by atoms with van der Waals surface area (Å²) in [5.41, 5.74) is -1.03. The standard InChI is InChI=1S/C21H26N2O7/c1-4-10-21(11-9-17(24)30-3)14-22(20(27)28)12-13-23(19(21)26)18(25)15-5-7-16(29-2)8-6-15/h4-8H,1,9-14H2,2-3H3,(H,27,28)/t21-/m0/s1. The number of rotatable bonds is 7. The number of hydrogen-bond acceptors (Lipinski definition) is 6. The third kappa shape index (κ3) is 4.97. The molecule has 9 nitrogen and oxygen atoms in total. The molecule has 0 spiro atoms. The van der Waals surface area contributed by atoms with Gasteiger partial charge in [-0.05, 0) is 37.1 Å². The van der Waals surface area contributed by atoms with Crippen LogP contribution in [-0.2, 0) is 14.3 Å². The van der Waals surface area contributed by atoms with Crippen molar-refractivity contribution in [2.24, 2.45) is 5.41 Å². The molecule has 1 saturated heterocycles. The van der Waals surface area contributed by atoms with Gasteiger partial charge in [0.05, 0.1) is 19.6 Å². The highest BCUT2D eigenvalue weighted by molar-refractivity contribution is 6.06. The number of amides is 3. The average molecular weight is 418 g/mol. The van der Waals surface area contributed by atoms with Crippen LogP contribution in [0.25, 0.3) is 0 Å². The lowest BCUT2D eigenvalue weighted by atomic mass is 9.78. The van der Waals surface area contributed by atoms with Gasteiger partial charge in [0.2, 0.25) is 5.91 Å². The minimum Gasteiger partial charge on any atom is -0.497 e. The molecule has 1 atom stereocenters. The first-order valence-corrected chi connectivity index (χ1v) is 9.44. The highest BCUT2D eigenvalue weighted by Gasteiger charge is 2.46. The molecule has 30 heavy (non-hydrogen) atoms. The Kier molecular flexibility index (Phi) is 7.57. The molecule has 1 heterocycles. The van der Waals surface area contributed by atoms with Gasteiger partial charge in [-0.2, -0.15) is 0 Å². The van der Waals surface area contributed by atoms with Crippen LogP contribution in [-0.4, -0.2) is 72.6 Å². The van der Waals surface area contributed by atoms with E-state index >= 15 is 0 Å². The van der Waals surface area contributed by atoms with Gasteiger partial charge in [-0.3, -0.25) is 19.3 Å². The molecule has 3 amide bonds. The van der Waals surface area contributed by atoms with Crippen LogP contribution in [0.5, 0.6) is 5.75 Å². The molecular formula is C21H26N2O7. The van der Waals surface area contributed by atoms with Crippen molar-refractivity contribution in [3.63, 3.8) is 0 Å². The first kappa shape index (κ1) is 22.9. The van der Waals surface area contributed by atoms with Gasteiger partial charge in [-0.15, -0.1) is 6.58 Å². The maximum atomic E-state index is 13.5. The van der Waals surface area contributed by atoms with E-state index in [9.17, 15) is 24.3 Å². The molecule has 0 bridgehead atoms. The summed E-state index contributed by atoms with van der Waals surface area (Å²) in [5, 5.41) is 9.55. The summed E-state index contributed by atoms with van der Waals surface area (Å²) < 4.78 is 9.76. The Balaban J connectivity index is 2.43. The number of allylic oxidation sites excluding steroid dienone is 1. The number of ether oxygens (including phenoxy) is 2. The number of nitrogens with zero attached hydrogens (tertiary/aromatic N) is 2. The topological polar surface area (TPSA) is 113 Å². The quantitative estimate of drug-likeness (QED) is 0.410. The van der Waals surface area contributed by atoms with Gasteiger partial charge in [0.1, 0.15) is 5.75 Å². The second kappa shape index (κ2) is 9.91. The lowest BCUT2D eigenvalue weighted by Crippen LogP contribution is -2.48. The average Bonchev–Trinajstić information content (AvgIpc) is 2.89. The van der Waals surface area contributed by atoms with Gasteiger partial charge in [0.25, 0.3) is 5.91 Å². The molecule has 1 aliphatic heterocycles. The van der Waals surface area contributed by atoms with Crippen LogP contribution in [0, 0.1) is 5.41 Å². The number of imide groups is 1. The van der Waals surface area contributed by atoms with Crippen LogP contribution >= 0.6 is 0 Å². The van der Waals surface area contributed by atoms with Gasteiger partial charge in [-0.1, -0.05) is 6.08 Å². The van der Waals surface area contributed by atoms with Crippen LogP contribution in [0.15, 0.2) is 36.9 Å². The number of carbonyl (C=O) groups excluding carboxylic acids is 3. The molecule has 2 rings (SSSR count). The SMILES string of the molecule is C=CC[C@]1(CCC(=O)OC)CN(C(=O)O)CCN(C(=O)c2ccc(OC)cc2)C1=O. The zero-order valence-corrected chi connectivity index (χ0v) is 17.1. The molecule has 0 aliphatic carbocycles. The predicted molar refractivity (Wildman–Crippen MR) is 107 cm³/mol. The Bertz CT molecular complexity index is 821. The predicted octanol–water partition coefficient (Wildman–Crippen LogP) is 2.17. The van der Waals surface area contributed by atoms with Crippen LogP contribution < -0.4 is 4.74 Å². The lowest BCUT2D eigenvalue weighted by Gasteiger charge is -2.34. The molecular weight excluding hydrogens is 392 g/mol. The van der Waals surface area contributed by atoms with Gasteiger partial charge < -0.3 is 19.5 Å². The third-order valence-electron chi connectivity index (χ3n) is 5.21. The number of methoxy groups -OCH3 is 2. The molecule has 1 aromatic carbocycles. The zero-order chi connectivity index (χ0) is 22.3. The molecule has 1 fully saturated rings. The van der Waals surface area contributed by atoms with Crippen molar-refractivity contribution in [1.29, 1.82) is 0 Å². The van der Waals surface area contributed by atoms with Crippen LogP contribution in [0.3, 0.4) is 0 Å². The third-order valence-corrected chi connectivity index (χ3v) is 5.21. The van der Waals surface area contributed by atoms with E-state index in [0.717, 1.165) is 9.80 Å². The first-order chi connectivity index (χ1) is 14.3. The molecule has 0 saturated carbocycles. The van der Waals surface area contributed by atoms with Crippen molar-refractivity contribution in [2.75, 3.05) is 33.9 Å². The Morgan fingerprint density at radius 1 is 1.20 bits per heavy atom. The fourth-order valence-corrected chi connectivity index (χ4v) is 3.53. The molecule has 1 aromatic rings. The summed E-state index contributed by atoms with van der Waals surface area (Å²) in [6.07, 6.45) is 0.345. The second-order valence-corrected chi connectivity index (χ2v) is 7.04. The molecule has 1 N–H and O–H groups in total. The number of carboxylic acid groups (broad SMARTS) is 1. The molecule has 1 aliphatic rings. The van der Waals surface area contributed by atoms with E-state index < -0.39 is 29.3 Å². The van der Waals surface area contributed by atoms with E-state index in [0.29, 0.717) is 5.75 Å². The molecule has 0 radical (unpaired) electrons. The summed E-state index contributed by atoms with van der Waals surface area (Å²) in [6.45, 7) is 3.42. The van der Waals surface area contributed by atoms with E-state index in [4.69, 9.17) is 4.74 Å². The highest BCUT2D eigenvalue weighted by atomic mass is 16.5. The zero-order valence-electron chi connectivity index (χ0n) is 17.1. The molecule has 0 aromatic heterocycles. The minimum absolute atomic E-state index is 0.0277. The van der Waals surface area contributed by atoms with E-state index in [1.54, 1.807) is 12.1 Å². The molecule has 9 heteroatoms. The number of hydrogen-bond donors (Lipinski definition) is 1. The molecule has 162 valence electrons. The van der Waals surface area contributed by atoms with Crippen molar-refractivity contribution in [3.05, 3.63) is 42.5 Å². The summed E-state index contributed by atoms with van der Waals surface area (Å²) in [7, 11) is 2.74. The number of benzene rings is 1. The van der Waals surface area contributed by atoms with E-state index in [2.05, 4.69) is 11.3 Å². The second-order valence-electron chi connectivity index (χ2n) is 7.04. The number of esters is 1. The first-order valence-electron chi connectivity index (χ1n) is 9.44. The number of carbonyl (C=O) groups is 4. The minimum atomic E-state index is -1.30. The van der Waals surface area contributed by atoms with Crippen molar-refractivity contribution in [3.8, 4) is 5.75 Å². The maximum Gasteiger partial charge on any atom is 0.407 e. The summed E-state index contributed by atoms with van der Waals surface area (Å²) in [5.74, 6) is -1.03. The maximum absolute atomic E-state index is 13.5. The summed E-state index contributed by atoms with van der Waals surface area (Å²) in [6, 6.07) is 6.29. The van der Waals surface area contributed by atoms with Crippen LogP contribution in [0.4, 0.5) is 4.79 Å². The van der Waals surface area contributed by atoms with Gasteiger partial charge in [-0.25, -0.2) is 4.79 Å². The Hall–Kier alpha value is -3.36. The Morgan fingerprint density at radius 3 is 2.40 bits per heavy atom. The fourth-order valence-electron chi connectivity index (χ4n) is 3.53. The van der Waals surface area contributed by atoms with Gasteiger partial charge >= 0.3 is 12.1 Å². The van der Waals surface area contributed by atoms with Crippen molar-refractivity contribution < 1.29 is 33.8 Å². The summed E-state index contributed by atoms with van der Waals surface area (Å²) in [4.78, 5) is 52.2. The van der Waals surface area contributed by atoms with Crippen molar-refractivity contribution in [1.82, 2.24) is 9.80 Å². The Morgan fingerprint density at radius 2 is 1.87 bits per heavy atom. The summed E-state index contributed by atoms with van der Waals surface area (Å²) >= 11 is 0. The fraction of sp³-hybridized carbons (Fsp3) is 0.429. The highest BCUT2D eigenvalue weighted by Crippen LogP contribution is 2.35. The normalized spacial score (nSPS) is 19.1. The Labute approximate surface area is 174 Å². The van der Waals surface area contributed by atoms with E-state index in [1.807, 2.05) is 0 Å². The van der Waals surface area contributed by atoms with Gasteiger partial charge in [0, 0.05) is 31.6 Å². The van der Waals surface area contributed by atoms with Gasteiger partial charge in [0.15, 0.2) is 0 Å². The van der Waals surface area contributed by atoms with Crippen LogP contribution in [0.2, 0.25) is 0 Å².